The van der Waals surface area contributed by atoms with Crippen LogP contribution in [0.15, 0.2) is 22.4 Å². The molecule has 0 aromatic carbocycles. The summed E-state index contributed by atoms with van der Waals surface area (Å²) in [7, 11) is 4.77. The van der Waals surface area contributed by atoms with Crippen LogP contribution >= 0.6 is 0 Å². The minimum atomic E-state index is -0.606. The van der Waals surface area contributed by atoms with Crippen molar-refractivity contribution >= 4 is 11.8 Å². The summed E-state index contributed by atoms with van der Waals surface area (Å²) in [6.45, 7) is 1.81. The van der Waals surface area contributed by atoms with Crippen LogP contribution < -0.4 is 0 Å². The van der Waals surface area contributed by atoms with E-state index in [1.165, 1.54) is 13.3 Å². The zero-order chi connectivity index (χ0) is 14.9. The van der Waals surface area contributed by atoms with Gasteiger partial charge in [0.2, 0.25) is 0 Å². The number of hydrogen-bond donors (Lipinski definition) is 0. The molecule has 0 aliphatic heterocycles. The maximum Gasteiger partial charge on any atom is 0.342 e. The summed E-state index contributed by atoms with van der Waals surface area (Å²) in [5, 5.41) is 3.92. The number of Topliss-reactive ketones (excluding diaryl/α,β-unsaturated/α-hetero) is 1. The maximum absolute atomic E-state index is 12.4. The average Bonchev–Trinajstić information content (AvgIpc) is 3.09. The summed E-state index contributed by atoms with van der Waals surface area (Å²) in [6.07, 6.45) is 2.18. The van der Waals surface area contributed by atoms with Crippen molar-refractivity contribution in [3.05, 3.63) is 29.3 Å². The lowest BCUT2D eigenvalue weighted by Gasteiger charge is -2.09. The molecule has 0 bridgehead atoms. The second-order valence-corrected chi connectivity index (χ2v) is 5.17. The van der Waals surface area contributed by atoms with E-state index in [-0.39, 0.29) is 23.2 Å². The zero-order valence-corrected chi connectivity index (χ0v) is 12.0. The first-order chi connectivity index (χ1) is 9.43. The molecule has 0 N–H and O–H groups in total. The SMILES string of the molecule is COC(=O)/C(=C/N(C)C)C(=O)C1CC1c1cc(C)on1. The summed E-state index contributed by atoms with van der Waals surface area (Å²) in [4.78, 5) is 25.7. The molecule has 0 amide bonds. The molecule has 6 nitrogen and oxygen atoms in total. The first-order valence-corrected chi connectivity index (χ1v) is 6.38. The third-order valence-electron chi connectivity index (χ3n) is 3.21. The molecule has 0 saturated heterocycles. The second kappa shape index (κ2) is 5.48. The Kier molecular flexibility index (Phi) is 3.92. The van der Waals surface area contributed by atoms with E-state index in [4.69, 9.17) is 4.52 Å². The number of hydrogen-bond acceptors (Lipinski definition) is 6. The van der Waals surface area contributed by atoms with E-state index in [0.717, 1.165) is 11.5 Å². The van der Waals surface area contributed by atoms with E-state index >= 15 is 0 Å². The first-order valence-electron chi connectivity index (χ1n) is 6.38. The third kappa shape index (κ3) is 2.89. The van der Waals surface area contributed by atoms with Crippen molar-refractivity contribution in [1.29, 1.82) is 0 Å². The molecule has 20 heavy (non-hydrogen) atoms. The monoisotopic (exact) mass is 278 g/mol. The molecule has 1 heterocycles. The number of nitrogens with zero attached hydrogens (tertiary/aromatic N) is 2. The number of aromatic nitrogens is 1. The van der Waals surface area contributed by atoms with Gasteiger partial charge in [0.25, 0.3) is 0 Å². The first kappa shape index (κ1) is 14.3. The Morgan fingerprint density at radius 3 is 2.70 bits per heavy atom. The van der Waals surface area contributed by atoms with Gasteiger partial charge in [-0.25, -0.2) is 4.79 Å². The average molecular weight is 278 g/mol. The zero-order valence-electron chi connectivity index (χ0n) is 12.0. The van der Waals surface area contributed by atoms with Crippen LogP contribution in [-0.4, -0.2) is 43.0 Å². The number of carbonyl (C=O) groups excluding carboxylic acids is 2. The van der Waals surface area contributed by atoms with Gasteiger partial charge in [-0.15, -0.1) is 0 Å². The predicted molar refractivity (Wildman–Crippen MR) is 70.9 cm³/mol. The van der Waals surface area contributed by atoms with Crippen LogP contribution in [0, 0.1) is 12.8 Å². The van der Waals surface area contributed by atoms with Gasteiger partial charge in [-0.1, -0.05) is 5.16 Å². The van der Waals surface area contributed by atoms with Crippen molar-refractivity contribution in [2.24, 2.45) is 5.92 Å². The highest BCUT2D eigenvalue weighted by molar-refractivity contribution is 6.19. The smallest absolute Gasteiger partial charge is 0.342 e. The lowest BCUT2D eigenvalue weighted by atomic mass is 10.1. The van der Waals surface area contributed by atoms with Crippen LogP contribution in [0.4, 0.5) is 0 Å². The summed E-state index contributed by atoms with van der Waals surface area (Å²) in [5.74, 6) is -0.267. The molecular weight excluding hydrogens is 260 g/mol. The molecule has 2 rings (SSSR count). The molecule has 1 saturated carbocycles. The van der Waals surface area contributed by atoms with Gasteiger partial charge in [-0.05, 0) is 13.3 Å². The van der Waals surface area contributed by atoms with Crippen LogP contribution in [0.3, 0.4) is 0 Å². The van der Waals surface area contributed by atoms with E-state index in [1.54, 1.807) is 19.0 Å². The number of esters is 1. The van der Waals surface area contributed by atoms with Crippen molar-refractivity contribution < 1.29 is 18.8 Å². The molecule has 0 spiro atoms. The highest BCUT2D eigenvalue weighted by atomic mass is 16.5. The quantitative estimate of drug-likeness (QED) is 0.349. The predicted octanol–water partition coefficient (Wildman–Crippen LogP) is 1.27. The number of ketones is 1. The van der Waals surface area contributed by atoms with Crippen LogP contribution in [0.1, 0.15) is 23.8 Å². The highest BCUT2D eigenvalue weighted by Gasteiger charge is 2.47. The van der Waals surface area contributed by atoms with Gasteiger partial charge >= 0.3 is 5.97 Å². The Bertz CT molecular complexity index is 559. The molecule has 2 unspecified atom stereocenters. The number of aryl methyl sites for hydroxylation is 1. The Balaban J connectivity index is 2.13. The van der Waals surface area contributed by atoms with Crippen molar-refractivity contribution in [2.75, 3.05) is 21.2 Å². The van der Waals surface area contributed by atoms with Gasteiger partial charge in [0.15, 0.2) is 5.78 Å². The van der Waals surface area contributed by atoms with Crippen molar-refractivity contribution in [1.82, 2.24) is 10.1 Å². The number of carbonyl (C=O) groups is 2. The topological polar surface area (TPSA) is 72.6 Å². The number of ether oxygens (including phenoxy) is 1. The number of methoxy groups -OCH3 is 1. The Morgan fingerprint density at radius 2 is 2.20 bits per heavy atom. The normalized spacial score (nSPS) is 21.5. The number of rotatable bonds is 5. The molecule has 1 aliphatic rings. The molecule has 1 aliphatic carbocycles. The molecule has 1 fully saturated rings. The third-order valence-corrected chi connectivity index (χ3v) is 3.21. The van der Waals surface area contributed by atoms with Crippen LogP contribution in [0.5, 0.6) is 0 Å². The van der Waals surface area contributed by atoms with Crippen LogP contribution in [0.25, 0.3) is 0 Å². The van der Waals surface area contributed by atoms with E-state index < -0.39 is 5.97 Å². The van der Waals surface area contributed by atoms with E-state index in [2.05, 4.69) is 9.89 Å². The molecule has 6 heteroatoms. The van der Waals surface area contributed by atoms with Crippen LogP contribution in [0.2, 0.25) is 0 Å². The van der Waals surface area contributed by atoms with Crippen molar-refractivity contribution in [3.8, 4) is 0 Å². The minimum absolute atomic E-state index is 0.0372. The molecule has 2 atom stereocenters. The fourth-order valence-electron chi connectivity index (χ4n) is 2.16. The Morgan fingerprint density at radius 1 is 1.50 bits per heavy atom. The molecular formula is C14H18N2O4. The Hall–Kier alpha value is -2.11. The van der Waals surface area contributed by atoms with E-state index in [1.807, 2.05) is 13.0 Å². The maximum atomic E-state index is 12.4. The Labute approximate surface area is 117 Å². The summed E-state index contributed by atoms with van der Waals surface area (Å²) >= 11 is 0. The standard InChI is InChI=1S/C14H18N2O4/c1-8-5-12(15-20-8)9-6-10(9)13(17)11(7-16(2)3)14(18)19-4/h5,7,9-10H,6H2,1-4H3/b11-7+. The van der Waals surface area contributed by atoms with Crippen molar-refractivity contribution in [2.45, 2.75) is 19.3 Å². The van der Waals surface area contributed by atoms with Crippen LogP contribution in [-0.2, 0) is 14.3 Å². The molecule has 1 aromatic rings. The van der Waals surface area contributed by atoms with Gasteiger partial charge in [-0.2, -0.15) is 0 Å². The van der Waals surface area contributed by atoms with E-state index in [0.29, 0.717) is 6.42 Å². The summed E-state index contributed by atoms with van der Waals surface area (Å²) in [5.41, 5.74) is 0.847. The fraction of sp³-hybridized carbons (Fsp3) is 0.500. The van der Waals surface area contributed by atoms with Gasteiger partial charge in [0, 0.05) is 38.2 Å². The van der Waals surface area contributed by atoms with Gasteiger partial charge < -0.3 is 14.2 Å². The van der Waals surface area contributed by atoms with Gasteiger partial charge in [0.1, 0.15) is 11.3 Å². The van der Waals surface area contributed by atoms with E-state index in [9.17, 15) is 9.59 Å². The lowest BCUT2D eigenvalue weighted by Crippen LogP contribution is -2.19. The molecule has 0 radical (unpaired) electrons. The largest absolute Gasteiger partial charge is 0.465 e. The molecule has 108 valence electrons. The fourth-order valence-corrected chi connectivity index (χ4v) is 2.16. The second-order valence-electron chi connectivity index (χ2n) is 5.17. The minimum Gasteiger partial charge on any atom is -0.465 e. The van der Waals surface area contributed by atoms with Crippen molar-refractivity contribution in [3.63, 3.8) is 0 Å². The highest BCUT2D eigenvalue weighted by Crippen LogP contribution is 2.48. The summed E-state index contributed by atoms with van der Waals surface area (Å²) < 4.78 is 9.68. The van der Waals surface area contributed by atoms with Gasteiger partial charge in [0.05, 0.1) is 12.8 Å². The lowest BCUT2D eigenvalue weighted by molar-refractivity contribution is -0.138. The summed E-state index contributed by atoms with van der Waals surface area (Å²) in [6, 6.07) is 1.82. The van der Waals surface area contributed by atoms with Gasteiger partial charge in [-0.3, -0.25) is 4.79 Å². The molecule has 1 aromatic heterocycles.